The van der Waals surface area contributed by atoms with Gasteiger partial charge in [-0.15, -0.1) is 0 Å². The lowest BCUT2D eigenvalue weighted by atomic mass is 9.90. The Balaban J connectivity index is 1.09. The minimum atomic E-state index is -5.03. The number of amides is 1. The Hall–Kier alpha value is -2.96. The predicted octanol–water partition coefficient (Wildman–Crippen LogP) is 7.17. The molecule has 3 heterocycles. The number of piperazine rings is 1. The van der Waals surface area contributed by atoms with Gasteiger partial charge in [0.1, 0.15) is 5.78 Å². The van der Waals surface area contributed by atoms with E-state index in [9.17, 15) is 35.9 Å². The maximum atomic E-state index is 13.8. The molecule has 50 heavy (non-hydrogen) atoms. The molecule has 0 spiro atoms. The van der Waals surface area contributed by atoms with E-state index in [-0.39, 0.29) is 24.7 Å². The van der Waals surface area contributed by atoms with E-state index in [0.717, 1.165) is 57.7 Å². The van der Waals surface area contributed by atoms with Gasteiger partial charge in [0.15, 0.2) is 0 Å². The molecule has 6 nitrogen and oxygen atoms in total. The Bertz CT molecular complexity index is 1420. The van der Waals surface area contributed by atoms with Crippen LogP contribution >= 0.6 is 0 Å². The van der Waals surface area contributed by atoms with Crippen LogP contribution in [0.4, 0.5) is 26.3 Å². The van der Waals surface area contributed by atoms with Crippen LogP contribution in [-0.2, 0) is 23.6 Å². The van der Waals surface area contributed by atoms with Crippen LogP contribution in [0.15, 0.2) is 48.5 Å². The highest BCUT2D eigenvalue weighted by atomic mass is 19.4. The summed E-state index contributed by atoms with van der Waals surface area (Å²) in [5.41, 5.74) is -2.62. The first-order chi connectivity index (χ1) is 23.8. The van der Waals surface area contributed by atoms with Crippen LogP contribution in [0.25, 0.3) is 0 Å². The van der Waals surface area contributed by atoms with Gasteiger partial charge in [-0.25, -0.2) is 0 Å². The maximum absolute atomic E-state index is 13.8. The van der Waals surface area contributed by atoms with Crippen LogP contribution < -0.4 is 0 Å². The zero-order valence-electron chi connectivity index (χ0n) is 28.5. The number of halogens is 6. The van der Waals surface area contributed by atoms with E-state index in [2.05, 4.69) is 14.7 Å². The molecule has 0 aromatic heterocycles. The van der Waals surface area contributed by atoms with Crippen molar-refractivity contribution in [3.63, 3.8) is 0 Å². The lowest BCUT2D eigenvalue weighted by Gasteiger charge is -2.48. The minimum Gasteiger partial charge on any atom is -0.335 e. The number of hydrogen-bond acceptors (Lipinski definition) is 5. The summed E-state index contributed by atoms with van der Waals surface area (Å²) in [5.74, 6) is 0.122. The molecule has 3 aliphatic heterocycles. The first-order valence-electron chi connectivity index (χ1n) is 18.2. The van der Waals surface area contributed by atoms with Gasteiger partial charge in [-0.1, -0.05) is 56.0 Å². The van der Waals surface area contributed by atoms with Crippen molar-refractivity contribution in [2.45, 2.75) is 94.7 Å². The smallest absolute Gasteiger partial charge is 0.335 e. The molecule has 3 unspecified atom stereocenters. The second-order valence-corrected chi connectivity index (χ2v) is 14.8. The van der Waals surface area contributed by atoms with Gasteiger partial charge >= 0.3 is 12.4 Å². The van der Waals surface area contributed by atoms with Crippen LogP contribution in [0.3, 0.4) is 0 Å². The fourth-order valence-corrected chi connectivity index (χ4v) is 8.74. The molecule has 2 aromatic rings. The number of hydrogen-bond donors (Lipinski definition) is 0. The Morgan fingerprint density at radius 3 is 1.94 bits per heavy atom. The van der Waals surface area contributed by atoms with Crippen molar-refractivity contribution >= 4 is 11.7 Å². The lowest BCUT2D eigenvalue weighted by molar-refractivity contribution is -0.143. The van der Waals surface area contributed by atoms with Gasteiger partial charge in [-0.2, -0.15) is 26.3 Å². The summed E-state index contributed by atoms with van der Waals surface area (Å²) in [4.78, 5) is 35.4. The van der Waals surface area contributed by atoms with Crippen molar-refractivity contribution < 1.29 is 35.9 Å². The van der Waals surface area contributed by atoms with Crippen LogP contribution in [0.1, 0.15) is 84.8 Å². The molecule has 0 bridgehead atoms. The molecular weight excluding hydrogens is 658 g/mol. The van der Waals surface area contributed by atoms with Crippen LogP contribution in [0, 0.1) is 5.92 Å². The molecule has 3 atom stereocenters. The predicted molar refractivity (Wildman–Crippen MR) is 179 cm³/mol. The largest absolute Gasteiger partial charge is 0.416 e. The number of carbonyl (C=O) groups is 2. The van der Waals surface area contributed by atoms with Crippen LogP contribution in [0.2, 0.25) is 0 Å². The molecule has 274 valence electrons. The summed E-state index contributed by atoms with van der Waals surface area (Å²) < 4.78 is 81.8. The van der Waals surface area contributed by atoms with E-state index in [1.807, 2.05) is 30.3 Å². The number of benzene rings is 2. The summed E-state index contributed by atoms with van der Waals surface area (Å²) in [6.45, 7) is 6.12. The Morgan fingerprint density at radius 1 is 0.700 bits per heavy atom. The zero-order chi connectivity index (χ0) is 35.5. The first kappa shape index (κ1) is 36.8. The van der Waals surface area contributed by atoms with Crippen molar-refractivity contribution in [3.8, 4) is 0 Å². The first-order valence-corrected chi connectivity index (χ1v) is 18.2. The highest BCUT2D eigenvalue weighted by Crippen LogP contribution is 2.37. The Labute approximate surface area is 290 Å². The quantitative estimate of drug-likeness (QED) is 0.259. The number of Topliss-reactive ketones (excluding diaryl/α,β-unsaturated/α-hetero) is 1. The summed E-state index contributed by atoms with van der Waals surface area (Å²) >= 11 is 0. The standard InChI is InChI=1S/C38H48F6N4O2/c39-37(40,41)30-21-29(22-31(23-30)38(42,43)44)36(50)48-14-12-32(24-34(48)19-27-7-2-1-3-8-27)46-15-17-47(18-16-46)33-11-6-13-45(25-33)26-35(49)20-28-9-4-5-10-28/h1-3,7-8,21-23,28,32-34H,4-6,9-20,24-26H2. The maximum Gasteiger partial charge on any atom is 0.416 e. The molecule has 4 aliphatic rings. The van der Waals surface area contributed by atoms with Crippen molar-refractivity contribution in [1.82, 2.24) is 19.6 Å². The molecule has 12 heteroatoms. The highest BCUT2D eigenvalue weighted by molar-refractivity contribution is 5.95. The normalized spacial score (nSPS) is 25.2. The Kier molecular flexibility index (Phi) is 11.6. The van der Waals surface area contributed by atoms with E-state index in [1.165, 1.54) is 30.6 Å². The fourth-order valence-electron chi connectivity index (χ4n) is 8.74. The molecule has 1 aliphatic carbocycles. The second-order valence-electron chi connectivity index (χ2n) is 14.8. The van der Waals surface area contributed by atoms with Crippen molar-refractivity contribution in [1.29, 1.82) is 0 Å². The monoisotopic (exact) mass is 706 g/mol. The van der Waals surface area contributed by atoms with Gasteiger partial charge in [0.25, 0.3) is 5.91 Å². The molecule has 6 rings (SSSR count). The third kappa shape index (κ3) is 9.28. The van der Waals surface area contributed by atoms with E-state index < -0.39 is 35.0 Å². The molecule has 0 radical (unpaired) electrons. The summed E-state index contributed by atoms with van der Waals surface area (Å²) in [5, 5.41) is 0. The minimum absolute atomic E-state index is 0.0612. The van der Waals surface area contributed by atoms with Gasteiger partial charge in [-0.3, -0.25) is 24.3 Å². The molecule has 1 amide bonds. The van der Waals surface area contributed by atoms with E-state index in [0.29, 0.717) is 62.1 Å². The van der Waals surface area contributed by atoms with Gasteiger partial charge in [0, 0.05) is 69.4 Å². The summed E-state index contributed by atoms with van der Waals surface area (Å²) in [7, 11) is 0. The number of ketones is 1. The third-order valence-corrected chi connectivity index (χ3v) is 11.4. The topological polar surface area (TPSA) is 47.1 Å². The van der Waals surface area contributed by atoms with Gasteiger partial charge in [-0.05, 0) is 68.3 Å². The fraction of sp³-hybridized carbons (Fsp3) is 0.632. The van der Waals surface area contributed by atoms with Gasteiger partial charge in [0.2, 0.25) is 0 Å². The number of nitrogens with zero attached hydrogens (tertiary/aromatic N) is 4. The average molecular weight is 707 g/mol. The lowest BCUT2D eigenvalue weighted by Crippen LogP contribution is -2.59. The second kappa shape index (κ2) is 15.7. The molecule has 1 saturated carbocycles. The number of carbonyl (C=O) groups excluding carboxylic acids is 2. The highest BCUT2D eigenvalue weighted by Gasteiger charge is 2.40. The number of alkyl halides is 6. The molecule has 4 fully saturated rings. The number of piperidine rings is 2. The molecule has 0 N–H and O–H groups in total. The summed E-state index contributed by atoms with van der Waals surface area (Å²) in [6, 6.07) is 10.8. The van der Waals surface area contributed by atoms with Crippen molar-refractivity contribution in [2.75, 3.05) is 52.4 Å². The van der Waals surface area contributed by atoms with E-state index in [1.54, 1.807) is 0 Å². The zero-order valence-corrected chi connectivity index (χ0v) is 28.5. The molecule has 3 saturated heterocycles. The SMILES string of the molecule is O=C(CC1CCCC1)CN1CCCC(N2CCN(C3CCN(C(=O)c4cc(C(F)(F)F)cc(C(F)(F)F)c4)C(Cc4ccccc4)C3)CC2)C1. The van der Waals surface area contributed by atoms with Crippen LogP contribution in [-0.4, -0.2) is 102 Å². The Morgan fingerprint density at radius 2 is 1.32 bits per heavy atom. The van der Waals surface area contributed by atoms with Crippen molar-refractivity contribution in [3.05, 3.63) is 70.8 Å². The van der Waals surface area contributed by atoms with Gasteiger partial charge in [0.05, 0.1) is 17.7 Å². The third-order valence-electron chi connectivity index (χ3n) is 11.4. The van der Waals surface area contributed by atoms with Crippen molar-refractivity contribution in [2.24, 2.45) is 5.92 Å². The van der Waals surface area contributed by atoms with E-state index >= 15 is 0 Å². The molecular formula is C38H48F6N4O2. The number of rotatable bonds is 9. The average Bonchev–Trinajstić information content (AvgIpc) is 3.60. The number of likely N-dealkylation sites (tertiary alicyclic amines) is 2. The van der Waals surface area contributed by atoms with E-state index in [4.69, 9.17) is 0 Å². The van der Waals surface area contributed by atoms with Gasteiger partial charge < -0.3 is 4.90 Å². The van der Waals surface area contributed by atoms with Crippen LogP contribution in [0.5, 0.6) is 0 Å². The summed E-state index contributed by atoms with van der Waals surface area (Å²) in [6.07, 6.45) is -0.707. The molecule has 2 aromatic carbocycles.